The second-order valence-electron chi connectivity index (χ2n) is 5.71. The van der Waals surface area contributed by atoms with E-state index in [1.165, 1.54) is 0 Å². The molecule has 0 bridgehead atoms. The summed E-state index contributed by atoms with van der Waals surface area (Å²) in [7, 11) is 0. The molecule has 4 nitrogen and oxygen atoms in total. The Hall–Kier alpha value is -1.58. The Balaban J connectivity index is 4.87. The van der Waals surface area contributed by atoms with Gasteiger partial charge < -0.3 is 9.47 Å². The highest BCUT2D eigenvalue weighted by Crippen LogP contribution is 2.31. The number of esters is 2. The fourth-order valence-corrected chi connectivity index (χ4v) is 2.20. The minimum atomic E-state index is -0.405. The second kappa shape index (κ2) is 9.37. The quantitative estimate of drug-likeness (QED) is 0.454. The lowest BCUT2D eigenvalue weighted by molar-refractivity contribution is -0.150. The van der Waals surface area contributed by atoms with Crippen molar-refractivity contribution in [3.8, 4) is 0 Å². The maximum atomic E-state index is 11.6. The van der Waals surface area contributed by atoms with E-state index in [0.29, 0.717) is 11.1 Å². The molecule has 0 saturated carbocycles. The molecule has 0 saturated heterocycles. The minimum Gasteiger partial charge on any atom is -0.462 e. The van der Waals surface area contributed by atoms with Crippen LogP contribution in [0.5, 0.6) is 0 Å². The van der Waals surface area contributed by atoms with E-state index in [1.54, 1.807) is 13.8 Å². The molecule has 0 amide bonds. The van der Waals surface area contributed by atoms with Gasteiger partial charge in [0.15, 0.2) is 0 Å². The summed E-state index contributed by atoms with van der Waals surface area (Å²) in [4.78, 5) is 23.2. The molecule has 0 aliphatic carbocycles. The largest absolute Gasteiger partial charge is 0.462 e. The Morgan fingerprint density at radius 2 is 1.19 bits per heavy atom. The number of hydrogen-bond acceptors (Lipinski definition) is 4. The van der Waals surface area contributed by atoms with Crippen LogP contribution >= 0.6 is 0 Å². The van der Waals surface area contributed by atoms with Crippen LogP contribution in [0.25, 0.3) is 0 Å². The van der Waals surface area contributed by atoms with Crippen LogP contribution in [-0.4, -0.2) is 25.2 Å². The van der Waals surface area contributed by atoms with Crippen LogP contribution < -0.4 is 0 Å². The van der Waals surface area contributed by atoms with Crippen LogP contribution in [0, 0.1) is 5.41 Å². The maximum Gasteiger partial charge on any atom is 0.333 e. The van der Waals surface area contributed by atoms with Gasteiger partial charge in [-0.3, -0.25) is 0 Å². The van der Waals surface area contributed by atoms with Crippen molar-refractivity contribution in [1.29, 1.82) is 0 Å². The van der Waals surface area contributed by atoms with Gasteiger partial charge in [-0.05, 0) is 26.7 Å². The summed E-state index contributed by atoms with van der Waals surface area (Å²) < 4.78 is 10.6. The lowest BCUT2D eigenvalue weighted by Gasteiger charge is -2.32. The summed E-state index contributed by atoms with van der Waals surface area (Å²) in [5, 5.41) is 0. The van der Waals surface area contributed by atoms with Crippen molar-refractivity contribution in [2.24, 2.45) is 5.41 Å². The first-order valence-electron chi connectivity index (χ1n) is 7.43. The first kappa shape index (κ1) is 19.4. The monoisotopic (exact) mass is 296 g/mol. The fraction of sp³-hybridized carbons (Fsp3) is 0.647. The van der Waals surface area contributed by atoms with Crippen molar-refractivity contribution in [3.05, 3.63) is 24.3 Å². The average Bonchev–Trinajstić information content (AvgIpc) is 2.42. The number of carbonyl (C=O) groups is 2. The van der Waals surface area contributed by atoms with Gasteiger partial charge in [0, 0.05) is 16.6 Å². The van der Waals surface area contributed by atoms with E-state index in [-0.39, 0.29) is 18.6 Å². The van der Waals surface area contributed by atoms with E-state index < -0.39 is 11.9 Å². The van der Waals surface area contributed by atoms with Gasteiger partial charge in [-0.1, -0.05) is 39.8 Å². The van der Waals surface area contributed by atoms with Gasteiger partial charge >= 0.3 is 11.9 Å². The summed E-state index contributed by atoms with van der Waals surface area (Å²) in [6.45, 7) is 15.0. The summed E-state index contributed by atoms with van der Waals surface area (Å²) in [6, 6.07) is 0. The van der Waals surface area contributed by atoms with E-state index in [0.717, 1.165) is 25.7 Å². The molecular formula is C17H28O4. The molecule has 0 aliphatic rings. The molecular weight excluding hydrogens is 268 g/mol. The van der Waals surface area contributed by atoms with Gasteiger partial charge in [0.2, 0.25) is 0 Å². The first-order chi connectivity index (χ1) is 9.78. The van der Waals surface area contributed by atoms with Gasteiger partial charge in [0.25, 0.3) is 0 Å². The molecule has 0 aliphatic heterocycles. The highest BCUT2D eigenvalue weighted by atomic mass is 16.5. The molecule has 0 N–H and O–H groups in total. The van der Waals surface area contributed by atoms with E-state index >= 15 is 0 Å². The van der Waals surface area contributed by atoms with Crippen molar-refractivity contribution >= 4 is 11.9 Å². The highest BCUT2D eigenvalue weighted by Gasteiger charge is 2.32. The second-order valence-corrected chi connectivity index (χ2v) is 5.71. The van der Waals surface area contributed by atoms with Crippen LogP contribution in [0.15, 0.2) is 24.3 Å². The Kier molecular flexibility index (Phi) is 8.67. The molecule has 21 heavy (non-hydrogen) atoms. The number of carbonyl (C=O) groups excluding carboxylic acids is 2. The van der Waals surface area contributed by atoms with E-state index in [2.05, 4.69) is 27.0 Å². The number of ether oxygens (including phenoxy) is 2. The van der Waals surface area contributed by atoms with Crippen LogP contribution in [0.1, 0.15) is 53.4 Å². The number of hydrogen-bond donors (Lipinski definition) is 0. The molecule has 0 aromatic rings. The van der Waals surface area contributed by atoms with Gasteiger partial charge in [0.05, 0.1) is 0 Å². The van der Waals surface area contributed by atoms with Gasteiger partial charge in [-0.15, -0.1) is 0 Å². The van der Waals surface area contributed by atoms with Crippen molar-refractivity contribution in [3.63, 3.8) is 0 Å². The summed E-state index contributed by atoms with van der Waals surface area (Å²) in [5.74, 6) is -0.810. The Bertz CT molecular complexity index is 358. The van der Waals surface area contributed by atoms with Crippen molar-refractivity contribution in [1.82, 2.24) is 0 Å². The summed E-state index contributed by atoms with van der Waals surface area (Å²) in [5.41, 5.74) is 0.409. The lowest BCUT2D eigenvalue weighted by atomic mass is 9.80. The number of rotatable bonds is 10. The van der Waals surface area contributed by atoms with Gasteiger partial charge in [-0.25, -0.2) is 9.59 Å². The molecule has 0 rings (SSSR count). The minimum absolute atomic E-state index is 0.240. The van der Waals surface area contributed by atoms with Gasteiger partial charge in [0.1, 0.15) is 13.2 Å². The molecule has 0 fully saturated rings. The van der Waals surface area contributed by atoms with Crippen LogP contribution in [-0.2, 0) is 19.1 Å². The standard InChI is InChI=1S/C17H28O4/c1-7-9-17(10-8-2,11-20-15(18)13(3)4)12-21-16(19)14(5)6/h3,5,7-12H2,1-2,4,6H3. The molecule has 0 atom stereocenters. The zero-order valence-corrected chi connectivity index (χ0v) is 13.8. The van der Waals surface area contributed by atoms with E-state index in [4.69, 9.17) is 9.47 Å². The third-order valence-corrected chi connectivity index (χ3v) is 3.28. The normalized spacial score (nSPS) is 10.9. The van der Waals surface area contributed by atoms with Crippen LogP contribution in [0.4, 0.5) is 0 Å². The highest BCUT2D eigenvalue weighted by molar-refractivity contribution is 5.87. The maximum absolute atomic E-state index is 11.6. The average molecular weight is 296 g/mol. The molecule has 0 aromatic heterocycles. The lowest BCUT2D eigenvalue weighted by Crippen LogP contribution is -2.34. The fourth-order valence-electron chi connectivity index (χ4n) is 2.20. The molecule has 0 radical (unpaired) electrons. The molecule has 120 valence electrons. The first-order valence-corrected chi connectivity index (χ1v) is 7.43. The predicted molar refractivity (Wildman–Crippen MR) is 83.8 cm³/mol. The Morgan fingerprint density at radius 3 is 1.43 bits per heavy atom. The molecule has 0 spiro atoms. The topological polar surface area (TPSA) is 52.6 Å². The third kappa shape index (κ3) is 7.11. The van der Waals surface area contributed by atoms with Crippen molar-refractivity contribution < 1.29 is 19.1 Å². The zero-order valence-electron chi connectivity index (χ0n) is 13.8. The molecule has 0 heterocycles. The van der Waals surface area contributed by atoms with Crippen molar-refractivity contribution in [2.45, 2.75) is 53.4 Å². The molecule has 0 aromatic carbocycles. The molecule has 4 heteroatoms. The van der Waals surface area contributed by atoms with Crippen molar-refractivity contribution in [2.75, 3.05) is 13.2 Å². The smallest absolute Gasteiger partial charge is 0.333 e. The van der Waals surface area contributed by atoms with E-state index in [1.807, 2.05) is 0 Å². The Labute approximate surface area is 128 Å². The summed E-state index contributed by atoms with van der Waals surface area (Å²) >= 11 is 0. The third-order valence-electron chi connectivity index (χ3n) is 3.28. The molecule has 0 unspecified atom stereocenters. The Morgan fingerprint density at radius 1 is 0.857 bits per heavy atom. The van der Waals surface area contributed by atoms with Gasteiger partial charge in [-0.2, -0.15) is 0 Å². The summed E-state index contributed by atoms with van der Waals surface area (Å²) in [6.07, 6.45) is 3.51. The predicted octanol–water partition coefficient (Wildman–Crippen LogP) is 3.81. The SMILES string of the molecule is C=C(C)C(=O)OCC(CCC)(CCC)COC(=O)C(=C)C. The van der Waals surface area contributed by atoms with Crippen LogP contribution in [0.2, 0.25) is 0 Å². The van der Waals surface area contributed by atoms with E-state index in [9.17, 15) is 9.59 Å². The van der Waals surface area contributed by atoms with Crippen LogP contribution in [0.3, 0.4) is 0 Å². The zero-order chi connectivity index (χ0) is 16.5.